The summed E-state index contributed by atoms with van der Waals surface area (Å²) in [5.74, 6) is 0.924. The van der Waals surface area contributed by atoms with Gasteiger partial charge in [0.25, 0.3) is 15.9 Å². The quantitative estimate of drug-likeness (QED) is 0.537. The van der Waals surface area contributed by atoms with Crippen molar-refractivity contribution in [2.45, 2.75) is 24.8 Å². The van der Waals surface area contributed by atoms with E-state index in [0.717, 1.165) is 0 Å². The number of sulfonamides is 1. The number of hydrogen-bond acceptors (Lipinski definition) is 5. The first kappa shape index (κ1) is 22.2. The van der Waals surface area contributed by atoms with Gasteiger partial charge in [0.15, 0.2) is 0 Å². The van der Waals surface area contributed by atoms with Gasteiger partial charge in [-0.25, -0.2) is 8.42 Å². The third-order valence-electron chi connectivity index (χ3n) is 4.23. The summed E-state index contributed by atoms with van der Waals surface area (Å²) in [6.07, 6.45) is 0.0490. The SMILES string of the molecule is COc1cccc(NS(=O)(=O)c2ccc(NC(=O)c3ccc(OC(C)C)cc3)cc2)c1. The second kappa shape index (κ2) is 9.53. The number of benzene rings is 3. The lowest BCUT2D eigenvalue weighted by Gasteiger charge is -2.11. The zero-order valence-electron chi connectivity index (χ0n) is 17.5. The Hall–Kier alpha value is -3.52. The molecule has 0 aliphatic rings. The number of nitrogens with one attached hydrogen (secondary N) is 2. The number of amides is 1. The highest BCUT2D eigenvalue weighted by molar-refractivity contribution is 7.92. The van der Waals surface area contributed by atoms with Crippen molar-refractivity contribution >= 4 is 27.3 Å². The molecule has 31 heavy (non-hydrogen) atoms. The fraction of sp³-hybridized carbons (Fsp3) is 0.174. The molecule has 3 aromatic rings. The fourth-order valence-electron chi connectivity index (χ4n) is 2.78. The van der Waals surface area contributed by atoms with Crippen LogP contribution in [-0.2, 0) is 10.0 Å². The van der Waals surface area contributed by atoms with Crippen molar-refractivity contribution in [2.24, 2.45) is 0 Å². The molecular formula is C23H24N2O5S. The molecule has 1 amide bonds. The van der Waals surface area contributed by atoms with Gasteiger partial charge in [-0.3, -0.25) is 9.52 Å². The molecule has 2 N–H and O–H groups in total. The standard InChI is InChI=1S/C23H24N2O5S/c1-16(2)30-20-11-7-17(8-12-20)23(26)24-18-9-13-22(14-10-18)31(27,28)25-19-5-4-6-21(15-19)29-3/h4-16,25H,1-3H3,(H,24,26). The summed E-state index contributed by atoms with van der Waals surface area (Å²) >= 11 is 0. The summed E-state index contributed by atoms with van der Waals surface area (Å²) in [7, 11) is -2.27. The molecule has 7 nitrogen and oxygen atoms in total. The average molecular weight is 441 g/mol. The first-order valence-electron chi connectivity index (χ1n) is 9.62. The Balaban J connectivity index is 1.67. The molecule has 0 spiro atoms. The lowest BCUT2D eigenvalue weighted by atomic mass is 10.2. The maximum Gasteiger partial charge on any atom is 0.261 e. The van der Waals surface area contributed by atoms with E-state index in [1.807, 2.05) is 13.8 Å². The Morgan fingerprint density at radius 2 is 1.55 bits per heavy atom. The molecule has 8 heteroatoms. The predicted octanol–water partition coefficient (Wildman–Crippen LogP) is 4.54. The molecular weight excluding hydrogens is 416 g/mol. The predicted molar refractivity (Wildman–Crippen MR) is 120 cm³/mol. The van der Waals surface area contributed by atoms with E-state index in [4.69, 9.17) is 9.47 Å². The summed E-state index contributed by atoms with van der Waals surface area (Å²) in [6.45, 7) is 3.85. The molecule has 3 aromatic carbocycles. The highest BCUT2D eigenvalue weighted by Gasteiger charge is 2.15. The second-order valence-electron chi connectivity index (χ2n) is 7.01. The van der Waals surface area contributed by atoms with Gasteiger partial charge in [-0.1, -0.05) is 6.07 Å². The van der Waals surface area contributed by atoms with E-state index in [-0.39, 0.29) is 16.9 Å². The van der Waals surface area contributed by atoms with Crippen molar-refractivity contribution in [1.82, 2.24) is 0 Å². The third-order valence-corrected chi connectivity index (χ3v) is 5.63. The van der Waals surface area contributed by atoms with Gasteiger partial charge in [-0.05, 0) is 74.5 Å². The minimum absolute atomic E-state index is 0.0490. The van der Waals surface area contributed by atoms with Crippen LogP contribution in [0.15, 0.2) is 77.7 Å². The van der Waals surface area contributed by atoms with Gasteiger partial charge in [-0.2, -0.15) is 0 Å². The van der Waals surface area contributed by atoms with Gasteiger partial charge in [0.05, 0.1) is 23.8 Å². The van der Waals surface area contributed by atoms with Crippen LogP contribution in [0.5, 0.6) is 11.5 Å². The second-order valence-corrected chi connectivity index (χ2v) is 8.69. The number of methoxy groups -OCH3 is 1. The first-order valence-corrected chi connectivity index (χ1v) is 11.1. The lowest BCUT2D eigenvalue weighted by molar-refractivity contribution is 0.102. The number of carbonyl (C=O) groups excluding carboxylic acids is 1. The van der Waals surface area contributed by atoms with Gasteiger partial charge in [0, 0.05) is 17.3 Å². The Morgan fingerprint density at radius 1 is 0.871 bits per heavy atom. The van der Waals surface area contributed by atoms with Crippen LogP contribution >= 0.6 is 0 Å². The van der Waals surface area contributed by atoms with Gasteiger partial charge in [0.2, 0.25) is 0 Å². The smallest absolute Gasteiger partial charge is 0.261 e. The first-order chi connectivity index (χ1) is 14.8. The van der Waals surface area contributed by atoms with Crippen LogP contribution in [0, 0.1) is 0 Å². The van der Waals surface area contributed by atoms with Crippen molar-refractivity contribution in [3.8, 4) is 11.5 Å². The van der Waals surface area contributed by atoms with E-state index in [9.17, 15) is 13.2 Å². The van der Waals surface area contributed by atoms with E-state index < -0.39 is 10.0 Å². The molecule has 0 heterocycles. The third kappa shape index (κ3) is 5.99. The Labute approximate surface area is 182 Å². The Morgan fingerprint density at radius 3 is 2.16 bits per heavy atom. The lowest BCUT2D eigenvalue weighted by Crippen LogP contribution is -2.14. The minimum Gasteiger partial charge on any atom is -0.497 e. The van der Waals surface area contributed by atoms with Crippen molar-refractivity contribution < 1.29 is 22.7 Å². The van der Waals surface area contributed by atoms with Gasteiger partial charge in [0.1, 0.15) is 11.5 Å². The maximum atomic E-state index is 12.6. The van der Waals surface area contributed by atoms with E-state index in [0.29, 0.717) is 28.4 Å². The summed E-state index contributed by atoms with van der Waals surface area (Å²) < 4.78 is 38.4. The molecule has 0 aliphatic heterocycles. The molecule has 0 saturated heterocycles. The number of anilines is 2. The summed E-state index contributed by atoms with van der Waals surface area (Å²) in [4.78, 5) is 12.5. The molecule has 162 valence electrons. The normalized spacial score (nSPS) is 11.1. The van der Waals surface area contributed by atoms with Gasteiger partial charge in [-0.15, -0.1) is 0 Å². The van der Waals surface area contributed by atoms with Crippen molar-refractivity contribution in [3.63, 3.8) is 0 Å². The Bertz CT molecular complexity index is 1140. The molecule has 3 rings (SSSR count). The van der Waals surface area contributed by atoms with Gasteiger partial charge < -0.3 is 14.8 Å². The van der Waals surface area contributed by atoms with E-state index >= 15 is 0 Å². The van der Waals surface area contributed by atoms with Crippen LogP contribution in [0.2, 0.25) is 0 Å². The largest absolute Gasteiger partial charge is 0.497 e. The molecule has 0 saturated carbocycles. The fourth-order valence-corrected chi connectivity index (χ4v) is 3.83. The van der Waals surface area contributed by atoms with Crippen LogP contribution in [0.3, 0.4) is 0 Å². The molecule has 0 unspecified atom stereocenters. The van der Waals surface area contributed by atoms with Crippen molar-refractivity contribution in [3.05, 3.63) is 78.4 Å². The zero-order chi connectivity index (χ0) is 22.4. The molecule has 0 atom stereocenters. The van der Waals surface area contributed by atoms with E-state index in [1.54, 1.807) is 48.5 Å². The Kier molecular flexibility index (Phi) is 6.81. The number of ether oxygens (including phenoxy) is 2. The topological polar surface area (TPSA) is 93.7 Å². The van der Waals surface area contributed by atoms with E-state index in [1.165, 1.54) is 31.4 Å². The molecule has 0 aliphatic carbocycles. The monoisotopic (exact) mass is 440 g/mol. The molecule has 0 bridgehead atoms. The summed E-state index contributed by atoms with van der Waals surface area (Å²) in [5.41, 5.74) is 1.34. The van der Waals surface area contributed by atoms with Crippen LogP contribution in [0.25, 0.3) is 0 Å². The van der Waals surface area contributed by atoms with Crippen LogP contribution in [0.1, 0.15) is 24.2 Å². The van der Waals surface area contributed by atoms with Crippen LogP contribution < -0.4 is 19.5 Å². The molecule has 0 radical (unpaired) electrons. The summed E-state index contributed by atoms with van der Waals surface area (Å²) in [5, 5.41) is 2.75. The van der Waals surface area contributed by atoms with Crippen molar-refractivity contribution in [1.29, 1.82) is 0 Å². The summed E-state index contributed by atoms with van der Waals surface area (Å²) in [6, 6.07) is 19.4. The highest BCUT2D eigenvalue weighted by Crippen LogP contribution is 2.22. The van der Waals surface area contributed by atoms with Crippen molar-refractivity contribution in [2.75, 3.05) is 17.1 Å². The molecule has 0 aromatic heterocycles. The van der Waals surface area contributed by atoms with Crippen LogP contribution in [0.4, 0.5) is 11.4 Å². The maximum absolute atomic E-state index is 12.6. The number of carbonyl (C=O) groups is 1. The number of rotatable bonds is 8. The zero-order valence-corrected chi connectivity index (χ0v) is 18.3. The number of hydrogen-bond donors (Lipinski definition) is 2. The van der Waals surface area contributed by atoms with Crippen LogP contribution in [-0.4, -0.2) is 27.5 Å². The van der Waals surface area contributed by atoms with Gasteiger partial charge >= 0.3 is 0 Å². The highest BCUT2D eigenvalue weighted by atomic mass is 32.2. The molecule has 0 fully saturated rings. The average Bonchev–Trinajstić information content (AvgIpc) is 2.74. The van der Waals surface area contributed by atoms with E-state index in [2.05, 4.69) is 10.0 Å². The minimum atomic E-state index is -3.78.